The SMILES string of the molecule is CCCCCC(O)CCC1CCC2Cc3c(ccc(C)c3O)CC12. The second-order valence-corrected chi connectivity index (χ2v) is 8.27. The van der Waals surface area contributed by atoms with Gasteiger partial charge in [-0.1, -0.05) is 38.3 Å². The fourth-order valence-corrected chi connectivity index (χ4v) is 5.10. The largest absolute Gasteiger partial charge is 0.507 e. The molecule has 1 saturated carbocycles. The predicted octanol–water partition coefficient (Wildman–Crippen LogP) is 5.16. The fraction of sp³-hybridized carbons (Fsp3) is 0.727. The van der Waals surface area contributed by atoms with Gasteiger partial charge in [0.25, 0.3) is 0 Å². The summed E-state index contributed by atoms with van der Waals surface area (Å²) in [5.74, 6) is 2.82. The minimum absolute atomic E-state index is 0.0989. The van der Waals surface area contributed by atoms with Gasteiger partial charge in [-0.2, -0.15) is 0 Å². The molecular weight excluding hydrogens is 296 g/mol. The van der Waals surface area contributed by atoms with E-state index in [2.05, 4.69) is 19.1 Å². The van der Waals surface area contributed by atoms with Crippen LogP contribution in [0.5, 0.6) is 5.75 Å². The van der Waals surface area contributed by atoms with Crippen LogP contribution in [0.4, 0.5) is 0 Å². The normalized spacial score (nSPS) is 26.9. The van der Waals surface area contributed by atoms with Crippen molar-refractivity contribution in [2.24, 2.45) is 17.8 Å². The van der Waals surface area contributed by atoms with Gasteiger partial charge in [0, 0.05) is 0 Å². The minimum atomic E-state index is -0.0989. The molecule has 1 fully saturated rings. The molecule has 1 aromatic carbocycles. The number of phenols is 1. The third kappa shape index (κ3) is 3.79. The summed E-state index contributed by atoms with van der Waals surface area (Å²) in [7, 11) is 0. The number of phenolic OH excluding ortho intramolecular Hbond substituents is 1. The van der Waals surface area contributed by atoms with Crippen LogP contribution in [0, 0.1) is 24.7 Å². The Morgan fingerprint density at radius 2 is 1.96 bits per heavy atom. The topological polar surface area (TPSA) is 40.5 Å². The van der Waals surface area contributed by atoms with Crippen LogP contribution in [-0.2, 0) is 12.8 Å². The third-order valence-electron chi connectivity index (χ3n) is 6.63. The number of aromatic hydroxyl groups is 1. The van der Waals surface area contributed by atoms with Crippen LogP contribution in [0.3, 0.4) is 0 Å². The van der Waals surface area contributed by atoms with Gasteiger partial charge in [-0.15, -0.1) is 0 Å². The predicted molar refractivity (Wildman–Crippen MR) is 99.3 cm³/mol. The second-order valence-electron chi connectivity index (χ2n) is 8.27. The zero-order valence-corrected chi connectivity index (χ0v) is 15.4. The monoisotopic (exact) mass is 330 g/mol. The summed E-state index contributed by atoms with van der Waals surface area (Å²) in [4.78, 5) is 0. The molecule has 0 aliphatic heterocycles. The molecule has 2 aliphatic carbocycles. The van der Waals surface area contributed by atoms with E-state index >= 15 is 0 Å². The lowest BCUT2D eigenvalue weighted by Crippen LogP contribution is -2.26. The molecule has 24 heavy (non-hydrogen) atoms. The van der Waals surface area contributed by atoms with Crippen molar-refractivity contribution in [3.8, 4) is 5.75 Å². The van der Waals surface area contributed by atoms with Gasteiger partial charge < -0.3 is 10.2 Å². The van der Waals surface area contributed by atoms with Gasteiger partial charge in [0.05, 0.1) is 6.10 Å². The average molecular weight is 331 g/mol. The van der Waals surface area contributed by atoms with Crippen molar-refractivity contribution >= 4 is 0 Å². The number of rotatable bonds is 7. The van der Waals surface area contributed by atoms with Crippen molar-refractivity contribution in [1.82, 2.24) is 0 Å². The Balaban J connectivity index is 1.57. The van der Waals surface area contributed by atoms with Crippen LogP contribution in [0.2, 0.25) is 0 Å². The van der Waals surface area contributed by atoms with Crippen LogP contribution in [-0.4, -0.2) is 16.3 Å². The summed E-state index contributed by atoms with van der Waals surface area (Å²) in [5, 5.41) is 20.6. The first-order valence-corrected chi connectivity index (χ1v) is 10.1. The molecule has 2 heteroatoms. The maximum Gasteiger partial charge on any atom is 0.121 e. The lowest BCUT2D eigenvalue weighted by Gasteiger charge is -2.32. The number of aliphatic hydroxyl groups is 1. The lowest BCUT2D eigenvalue weighted by atomic mass is 9.73. The molecule has 0 heterocycles. The summed E-state index contributed by atoms with van der Waals surface area (Å²) in [6, 6.07) is 4.30. The quantitative estimate of drug-likeness (QED) is 0.678. The third-order valence-corrected chi connectivity index (χ3v) is 6.63. The number of aryl methyl sites for hydroxylation is 1. The van der Waals surface area contributed by atoms with Gasteiger partial charge >= 0.3 is 0 Å². The van der Waals surface area contributed by atoms with Crippen molar-refractivity contribution in [1.29, 1.82) is 0 Å². The Kier molecular flexibility index (Phi) is 5.86. The van der Waals surface area contributed by atoms with E-state index in [1.165, 1.54) is 49.7 Å². The molecule has 0 amide bonds. The second kappa shape index (κ2) is 7.91. The van der Waals surface area contributed by atoms with Gasteiger partial charge in [-0.05, 0) is 86.3 Å². The number of unbranched alkanes of at least 4 members (excludes halogenated alkanes) is 2. The van der Waals surface area contributed by atoms with Gasteiger partial charge in [-0.25, -0.2) is 0 Å². The van der Waals surface area contributed by atoms with E-state index in [4.69, 9.17) is 0 Å². The molecule has 0 aromatic heterocycles. The smallest absolute Gasteiger partial charge is 0.121 e. The molecule has 0 radical (unpaired) electrons. The summed E-state index contributed by atoms with van der Waals surface area (Å²) in [6.07, 6.45) is 11.5. The van der Waals surface area contributed by atoms with E-state index in [1.54, 1.807) is 0 Å². The highest BCUT2D eigenvalue weighted by molar-refractivity contribution is 5.46. The Hall–Kier alpha value is -1.02. The highest BCUT2D eigenvalue weighted by Gasteiger charge is 2.39. The van der Waals surface area contributed by atoms with Crippen molar-refractivity contribution in [3.63, 3.8) is 0 Å². The molecule has 2 aliphatic rings. The molecule has 134 valence electrons. The van der Waals surface area contributed by atoms with Gasteiger partial charge in [0.15, 0.2) is 0 Å². The van der Waals surface area contributed by atoms with Gasteiger partial charge in [0.2, 0.25) is 0 Å². The number of benzene rings is 1. The molecule has 4 unspecified atom stereocenters. The number of fused-ring (bicyclic) bond motifs is 2. The maximum atomic E-state index is 10.4. The summed E-state index contributed by atoms with van der Waals surface area (Å²) >= 11 is 0. The summed E-state index contributed by atoms with van der Waals surface area (Å²) < 4.78 is 0. The van der Waals surface area contributed by atoms with E-state index < -0.39 is 0 Å². The zero-order valence-electron chi connectivity index (χ0n) is 15.4. The summed E-state index contributed by atoms with van der Waals surface area (Å²) in [6.45, 7) is 4.21. The van der Waals surface area contributed by atoms with Crippen LogP contribution < -0.4 is 0 Å². The number of aliphatic hydroxyl groups excluding tert-OH is 1. The standard InChI is InChI=1S/C22H34O2/c1-3-4-5-6-19(23)12-11-16-9-10-17-14-21-18(13-20(16)17)8-7-15(2)22(21)24/h7-8,16-17,19-20,23-24H,3-6,9-14H2,1-2H3. The Labute approximate surface area is 147 Å². The Morgan fingerprint density at radius 1 is 1.12 bits per heavy atom. The van der Waals surface area contributed by atoms with Crippen LogP contribution >= 0.6 is 0 Å². The lowest BCUT2D eigenvalue weighted by molar-refractivity contribution is 0.134. The Morgan fingerprint density at radius 3 is 2.75 bits per heavy atom. The summed E-state index contributed by atoms with van der Waals surface area (Å²) in [5.41, 5.74) is 3.60. The maximum absolute atomic E-state index is 10.4. The first-order chi connectivity index (χ1) is 11.6. The van der Waals surface area contributed by atoms with E-state index in [9.17, 15) is 10.2 Å². The van der Waals surface area contributed by atoms with Crippen molar-refractivity contribution in [3.05, 3.63) is 28.8 Å². The molecular formula is C22H34O2. The molecule has 4 atom stereocenters. The number of hydrogen-bond donors (Lipinski definition) is 2. The van der Waals surface area contributed by atoms with E-state index in [1.807, 2.05) is 6.92 Å². The molecule has 0 saturated heterocycles. The first kappa shape index (κ1) is 17.8. The van der Waals surface area contributed by atoms with Crippen molar-refractivity contribution in [2.45, 2.75) is 84.2 Å². The van der Waals surface area contributed by atoms with E-state index in [0.29, 0.717) is 5.75 Å². The molecule has 3 rings (SSSR count). The van der Waals surface area contributed by atoms with Crippen LogP contribution in [0.15, 0.2) is 12.1 Å². The van der Waals surface area contributed by atoms with Crippen molar-refractivity contribution < 1.29 is 10.2 Å². The molecule has 0 spiro atoms. The van der Waals surface area contributed by atoms with E-state index in [0.717, 1.165) is 49.0 Å². The fourth-order valence-electron chi connectivity index (χ4n) is 5.10. The Bertz CT molecular complexity index is 551. The average Bonchev–Trinajstić information content (AvgIpc) is 2.97. The minimum Gasteiger partial charge on any atom is -0.507 e. The zero-order chi connectivity index (χ0) is 17.1. The van der Waals surface area contributed by atoms with Gasteiger partial charge in [-0.3, -0.25) is 0 Å². The molecule has 1 aromatic rings. The van der Waals surface area contributed by atoms with Crippen LogP contribution in [0.25, 0.3) is 0 Å². The van der Waals surface area contributed by atoms with Crippen molar-refractivity contribution in [2.75, 3.05) is 0 Å². The molecule has 2 nitrogen and oxygen atoms in total. The van der Waals surface area contributed by atoms with Crippen LogP contribution in [0.1, 0.15) is 75.0 Å². The first-order valence-electron chi connectivity index (χ1n) is 10.1. The molecule has 2 N–H and O–H groups in total. The highest BCUT2D eigenvalue weighted by atomic mass is 16.3. The number of hydrogen-bond acceptors (Lipinski definition) is 2. The molecule has 0 bridgehead atoms. The van der Waals surface area contributed by atoms with E-state index in [-0.39, 0.29) is 6.10 Å². The highest BCUT2D eigenvalue weighted by Crippen LogP contribution is 2.48. The van der Waals surface area contributed by atoms with Gasteiger partial charge in [0.1, 0.15) is 5.75 Å².